The maximum atomic E-state index is 12.1. The van der Waals surface area contributed by atoms with Gasteiger partial charge in [-0.05, 0) is 18.9 Å². The summed E-state index contributed by atoms with van der Waals surface area (Å²) in [4.78, 5) is 22.4. The Kier molecular flexibility index (Phi) is 4.16. The summed E-state index contributed by atoms with van der Waals surface area (Å²) in [6.07, 6.45) is 1.64. The standard InChI is InChI=1S/C12H16N4O4/c1-20-8-5-7(6-8)14-12(17)9-3-2-4-10(16(18)19)11(9)15-13/h2-4,7-8,15H,5-6,13H2,1H3,(H,14,17). The Bertz CT molecular complexity index is 528. The number of hydrogen-bond donors (Lipinski definition) is 3. The van der Waals surface area contributed by atoms with E-state index in [0.717, 1.165) is 12.8 Å². The lowest BCUT2D eigenvalue weighted by Gasteiger charge is -2.34. The van der Waals surface area contributed by atoms with Crippen LogP contribution in [0.1, 0.15) is 23.2 Å². The Morgan fingerprint density at radius 2 is 2.20 bits per heavy atom. The SMILES string of the molecule is COC1CC(NC(=O)c2cccc([N+](=O)[O-])c2NN)C1. The number of hydrazine groups is 1. The van der Waals surface area contributed by atoms with Gasteiger partial charge in [0.05, 0.1) is 16.6 Å². The fourth-order valence-electron chi connectivity index (χ4n) is 2.17. The van der Waals surface area contributed by atoms with Gasteiger partial charge in [0.2, 0.25) is 0 Å². The number of nitro groups is 1. The maximum Gasteiger partial charge on any atom is 0.294 e. The zero-order valence-corrected chi connectivity index (χ0v) is 11.0. The monoisotopic (exact) mass is 280 g/mol. The van der Waals surface area contributed by atoms with Crippen LogP contribution < -0.4 is 16.6 Å². The fourth-order valence-corrected chi connectivity index (χ4v) is 2.17. The van der Waals surface area contributed by atoms with Crippen molar-refractivity contribution < 1.29 is 14.5 Å². The maximum absolute atomic E-state index is 12.1. The summed E-state index contributed by atoms with van der Waals surface area (Å²) in [6.45, 7) is 0. The van der Waals surface area contributed by atoms with Crippen molar-refractivity contribution >= 4 is 17.3 Å². The van der Waals surface area contributed by atoms with Crippen LogP contribution in [-0.2, 0) is 4.74 Å². The van der Waals surface area contributed by atoms with Gasteiger partial charge in [0.1, 0.15) is 5.69 Å². The third kappa shape index (κ3) is 2.70. The van der Waals surface area contributed by atoms with E-state index in [2.05, 4.69) is 10.7 Å². The number of benzene rings is 1. The first kappa shape index (κ1) is 14.2. The molecule has 0 heterocycles. The predicted octanol–water partition coefficient (Wildman–Crippen LogP) is 0.788. The lowest BCUT2D eigenvalue weighted by atomic mass is 9.89. The first-order valence-corrected chi connectivity index (χ1v) is 6.14. The van der Waals surface area contributed by atoms with E-state index >= 15 is 0 Å². The number of nitrogens with one attached hydrogen (secondary N) is 2. The van der Waals surface area contributed by atoms with Crippen molar-refractivity contribution in [1.29, 1.82) is 0 Å². The number of nitrogens with two attached hydrogens (primary N) is 1. The van der Waals surface area contributed by atoms with Crippen molar-refractivity contribution in [2.75, 3.05) is 12.5 Å². The van der Waals surface area contributed by atoms with Crippen LogP contribution in [-0.4, -0.2) is 30.1 Å². The number of amides is 1. The minimum atomic E-state index is -0.587. The highest BCUT2D eigenvalue weighted by molar-refractivity contribution is 6.01. The number of rotatable bonds is 5. The van der Waals surface area contributed by atoms with E-state index in [1.807, 2.05) is 0 Å². The van der Waals surface area contributed by atoms with Crippen molar-refractivity contribution in [2.45, 2.75) is 25.0 Å². The number of hydrogen-bond acceptors (Lipinski definition) is 6. The second-order valence-electron chi connectivity index (χ2n) is 4.60. The normalized spacial score (nSPS) is 20.9. The van der Waals surface area contributed by atoms with Gasteiger partial charge in [-0.2, -0.15) is 0 Å². The third-order valence-corrected chi connectivity index (χ3v) is 3.39. The molecule has 1 amide bonds. The number of carbonyl (C=O) groups is 1. The number of nitrogen functional groups attached to an aromatic ring is 1. The number of methoxy groups -OCH3 is 1. The molecule has 2 rings (SSSR count). The van der Waals surface area contributed by atoms with Crippen LogP contribution >= 0.6 is 0 Å². The molecule has 0 unspecified atom stereocenters. The third-order valence-electron chi connectivity index (χ3n) is 3.39. The number of ether oxygens (including phenoxy) is 1. The topological polar surface area (TPSA) is 120 Å². The smallest absolute Gasteiger partial charge is 0.294 e. The molecule has 108 valence electrons. The Hall–Kier alpha value is -2.19. The van der Waals surface area contributed by atoms with Crippen LogP contribution in [0.25, 0.3) is 0 Å². The number of para-hydroxylation sites is 1. The zero-order valence-electron chi connectivity index (χ0n) is 11.0. The van der Waals surface area contributed by atoms with E-state index in [-0.39, 0.29) is 35.0 Å². The molecule has 0 atom stereocenters. The molecule has 0 aromatic heterocycles. The molecule has 1 aromatic carbocycles. The summed E-state index contributed by atoms with van der Waals surface area (Å²) in [5.74, 6) is 4.91. The van der Waals surface area contributed by atoms with Crippen LogP contribution in [0, 0.1) is 10.1 Å². The van der Waals surface area contributed by atoms with Crippen LogP contribution in [0.3, 0.4) is 0 Å². The summed E-state index contributed by atoms with van der Waals surface area (Å²) in [5, 5.41) is 13.7. The van der Waals surface area contributed by atoms with Crippen LogP contribution in [0.4, 0.5) is 11.4 Å². The minimum absolute atomic E-state index is 0.0117. The highest BCUT2D eigenvalue weighted by Crippen LogP contribution is 2.28. The van der Waals surface area contributed by atoms with Gasteiger partial charge in [-0.3, -0.25) is 20.8 Å². The lowest BCUT2D eigenvalue weighted by Crippen LogP contribution is -2.47. The van der Waals surface area contributed by atoms with Crippen LogP contribution in [0.5, 0.6) is 0 Å². The Morgan fingerprint density at radius 1 is 1.50 bits per heavy atom. The van der Waals surface area contributed by atoms with Gasteiger partial charge in [-0.15, -0.1) is 0 Å². The van der Waals surface area contributed by atoms with Crippen LogP contribution in [0.2, 0.25) is 0 Å². The van der Waals surface area contributed by atoms with Gasteiger partial charge in [0.25, 0.3) is 11.6 Å². The van der Waals surface area contributed by atoms with Crippen molar-refractivity contribution in [3.8, 4) is 0 Å². The molecule has 20 heavy (non-hydrogen) atoms. The van der Waals surface area contributed by atoms with Gasteiger partial charge in [-0.25, -0.2) is 0 Å². The largest absolute Gasteiger partial charge is 0.381 e. The lowest BCUT2D eigenvalue weighted by molar-refractivity contribution is -0.384. The summed E-state index contributed by atoms with van der Waals surface area (Å²) in [7, 11) is 1.62. The highest BCUT2D eigenvalue weighted by Gasteiger charge is 2.31. The van der Waals surface area contributed by atoms with Gasteiger partial charge < -0.3 is 15.5 Å². The molecule has 0 bridgehead atoms. The summed E-state index contributed by atoms with van der Waals surface area (Å²) >= 11 is 0. The molecule has 8 heteroatoms. The summed E-state index contributed by atoms with van der Waals surface area (Å²) in [5.41, 5.74) is 2.16. The first-order valence-electron chi connectivity index (χ1n) is 6.14. The van der Waals surface area contributed by atoms with E-state index in [1.165, 1.54) is 18.2 Å². The molecule has 0 radical (unpaired) electrons. The van der Waals surface area contributed by atoms with Gasteiger partial charge in [0.15, 0.2) is 0 Å². The van der Waals surface area contributed by atoms with Crippen molar-refractivity contribution in [2.24, 2.45) is 5.84 Å². The molecule has 0 saturated heterocycles. The van der Waals surface area contributed by atoms with E-state index < -0.39 is 4.92 Å². The second kappa shape index (κ2) is 5.85. The van der Waals surface area contributed by atoms with Crippen molar-refractivity contribution in [1.82, 2.24) is 5.32 Å². The Labute approximate surface area is 115 Å². The van der Waals surface area contributed by atoms with Crippen molar-refractivity contribution in [3.05, 3.63) is 33.9 Å². The molecular formula is C12H16N4O4. The quantitative estimate of drug-likeness (QED) is 0.416. The molecule has 0 spiro atoms. The number of anilines is 1. The number of carbonyl (C=O) groups excluding carboxylic acids is 1. The molecule has 0 aliphatic heterocycles. The van der Waals surface area contributed by atoms with Gasteiger partial charge in [0, 0.05) is 19.2 Å². The summed E-state index contributed by atoms with van der Waals surface area (Å²) in [6, 6.07) is 4.25. The molecule has 8 nitrogen and oxygen atoms in total. The first-order chi connectivity index (χ1) is 9.56. The highest BCUT2D eigenvalue weighted by atomic mass is 16.6. The van der Waals surface area contributed by atoms with E-state index in [0.29, 0.717) is 0 Å². The molecular weight excluding hydrogens is 264 g/mol. The second-order valence-corrected chi connectivity index (χ2v) is 4.60. The van der Waals surface area contributed by atoms with Crippen LogP contribution in [0.15, 0.2) is 18.2 Å². The minimum Gasteiger partial charge on any atom is -0.381 e. The van der Waals surface area contributed by atoms with Crippen molar-refractivity contribution in [3.63, 3.8) is 0 Å². The predicted molar refractivity (Wildman–Crippen MR) is 72.2 cm³/mol. The molecule has 1 aliphatic carbocycles. The number of nitro benzene ring substituents is 1. The molecule has 4 N–H and O–H groups in total. The van der Waals surface area contributed by atoms with E-state index in [1.54, 1.807) is 7.11 Å². The molecule has 1 aromatic rings. The molecule has 1 fully saturated rings. The summed E-state index contributed by atoms with van der Waals surface area (Å²) < 4.78 is 5.13. The fraction of sp³-hybridized carbons (Fsp3) is 0.417. The average molecular weight is 280 g/mol. The van der Waals surface area contributed by atoms with Gasteiger partial charge in [-0.1, -0.05) is 6.07 Å². The number of nitrogens with zero attached hydrogens (tertiary/aromatic N) is 1. The Balaban J connectivity index is 2.14. The molecule has 1 aliphatic rings. The molecule has 1 saturated carbocycles. The average Bonchev–Trinajstić information content (AvgIpc) is 2.40. The van der Waals surface area contributed by atoms with Gasteiger partial charge >= 0.3 is 0 Å². The van der Waals surface area contributed by atoms with E-state index in [9.17, 15) is 14.9 Å². The zero-order chi connectivity index (χ0) is 14.7. The van der Waals surface area contributed by atoms with E-state index in [4.69, 9.17) is 10.6 Å². The Morgan fingerprint density at radius 3 is 2.75 bits per heavy atom.